The molecule has 3 aromatic rings. The van der Waals surface area contributed by atoms with Gasteiger partial charge in [0, 0.05) is 32.4 Å². The van der Waals surface area contributed by atoms with E-state index in [9.17, 15) is 9.59 Å². The molecule has 0 aliphatic heterocycles. The van der Waals surface area contributed by atoms with E-state index in [0.717, 1.165) is 5.52 Å². The molecule has 0 saturated heterocycles. The number of aromatic nitrogens is 3. The van der Waals surface area contributed by atoms with Crippen molar-refractivity contribution < 1.29 is 19.1 Å². The summed E-state index contributed by atoms with van der Waals surface area (Å²) >= 11 is 0. The lowest BCUT2D eigenvalue weighted by Gasteiger charge is -2.07. The maximum Gasteiger partial charge on any atom is 0.413 e. The molecule has 0 atom stereocenters. The lowest BCUT2D eigenvalue weighted by Crippen LogP contribution is -2.18. The molecular weight excluding hydrogens is 350 g/mol. The molecule has 3 rings (SSSR count). The van der Waals surface area contributed by atoms with E-state index in [1.54, 1.807) is 42.8 Å². The number of ether oxygens (including phenoxy) is 2. The predicted octanol–water partition coefficient (Wildman–Crippen LogP) is 2.69. The molecule has 0 aliphatic carbocycles. The van der Waals surface area contributed by atoms with Gasteiger partial charge in [-0.15, -0.1) is 0 Å². The lowest BCUT2D eigenvalue weighted by molar-refractivity contribution is 0.0957. The highest BCUT2D eigenvalue weighted by Crippen LogP contribution is 2.27. The number of nitrogens with zero attached hydrogens (tertiary/aromatic N) is 3. The first kappa shape index (κ1) is 18.2. The average Bonchev–Trinajstić information content (AvgIpc) is 2.96. The molecule has 0 radical (unpaired) electrons. The van der Waals surface area contributed by atoms with Crippen LogP contribution in [-0.2, 0) is 11.8 Å². The molecule has 0 saturated carbocycles. The van der Waals surface area contributed by atoms with E-state index < -0.39 is 6.09 Å². The van der Waals surface area contributed by atoms with Crippen LogP contribution in [0.15, 0.2) is 36.5 Å². The molecule has 2 N–H and O–H groups in total. The van der Waals surface area contributed by atoms with E-state index in [1.807, 2.05) is 6.07 Å². The first-order chi connectivity index (χ1) is 13.0. The fourth-order valence-corrected chi connectivity index (χ4v) is 2.48. The largest absolute Gasteiger partial charge is 0.457 e. The minimum atomic E-state index is -0.564. The molecule has 0 fully saturated rings. The highest BCUT2D eigenvalue weighted by atomic mass is 16.5. The summed E-state index contributed by atoms with van der Waals surface area (Å²) in [4.78, 5) is 31.7. The summed E-state index contributed by atoms with van der Waals surface area (Å²) in [7, 11) is 3.32. The van der Waals surface area contributed by atoms with Crippen LogP contribution in [0.5, 0.6) is 11.5 Å². The van der Waals surface area contributed by atoms with Crippen molar-refractivity contribution in [2.24, 2.45) is 7.05 Å². The molecular formula is C18H19N5O4. The zero-order chi connectivity index (χ0) is 19.4. The van der Waals surface area contributed by atoms with E-state index >= 15 is 0 Å². The summed E-state index contributed by atoms with van der Waals surface area (Å²) in [6, 6.07) is 8.55. The predicted molar refractivity (Wildman–Crippen MR) is 99.1 cm³/mol. The monoisotopic (exact) mass is 369 g/mol. The van der Waals surface area contributed by atoms with Crippen LogP contribution in [0.25, 0.3) is 11.0 Å². The Hall–Kier alpha value is -3.62. The summed E-state index contributed by atoms with van der Waals surface area (Å²) in [5.74, 6) is 1.09. The first-order valence-corrected chi connectivity index (χ1v) is 8.28. The highest BCUT2D eigenvalue weighted by molar-refractivity contribution is 5.92. The van der Waals surface area contributed by atoms with Gasteiger partial charge in [0.05, 0.1) is 17.6 Å². The molecule has 0 spiro atoms. The Labute approximate surface area is 155 Å². The second kappa shape index (κ2) is 7.73. The second-order valence-electron chi connectivity index (χ2n) is 5.55. The number of fused-ring (bicyclic) bond motifs is 1. The molecule has 0 aliphatic rings. The third-order valence-electron chi connectivity index (χ3n) is 3.77. The van der Waals surface area contributed by atoms with Crippen LogP contribution < -0.4 is 15.4 Å². The summed E-state index contributed by atoms with van der Waals surface area (Å²) in [6.07, 6.45) is 0.937. The van der Waals surface area contributed by atoms with Crippen LogP contribution >= 0.6 is 0 Å². The molecule has 140 valence electrons. The fraction of sp³-hybridized carbons (Fsp3) is 0.222. The number of pyridine rings is 1. The van der Waals surface area contributed by atoms with Crippen molar-refractivity contribution in [3.05, 3.63) is 42.2 Å². The number of nitrogens with one attached hydrogen (secondary N) is 2. The van der Waals surface area contributed by atoms with Crippen molar-refractivity contribution in [2.45, 2.75) is 6.92 Å². The van der Waals surface area contributed by atoms with Crippen molar-refractivity contribution in [3.63, 3.8) is 0 Å². The minimum absolute atomic E-state index is 0.259. The van der Waals surface area contributed by atoms with Crippen molar-refractivity contribution in [1.82, 2.24) is 19.9 Å². The maximum atomic E-state index is 11.7. The van der Waals surface area contributed by atoms with Gasteiger partial charge in [0.25, 0.3) is 5.91 Å². The average molecular weight is 369 g/mol. The number of hydrogen-bond donors (Lipinski definition) is 2. The van der Waals surface area contributed by atoms with Crippen LogP contribution in [0, 0.1) is 0 Å². The van der Waals surface area contributed by atoms with Crippen molar-refractivity contribution >= 4 is 29.0 Å². The molecule has 2 aromatic heterocycles. The van der Waals surface area contributed by atoms with Gasteiger partial charge in [-0.1, -0.05) is 0 Å². The Morgan fingerprint density at radius 1 is 1.19 bits per heavy atom. The Bertz CT molecular complexity index is 999. The number of carbonyl (C=O) groups excluding carboxylic acids is 2. The van der Waals surface area contributed by atoms with E-state index in [2.05, 4.69) is 20.6 Å². The molecule has 0 unspecified atom stereocenters. The number of carbonyl (C=O) groups is 2. The topological polar surface area (TPSA) is 107 Å². The molecule has 1 aromatic carbocycles. The van der Waals surface area contributed by atoms with Crippen LogP contribution in [-0.4, -0.2) is 40.2 Å². The molecule has 2 heterocycles. The molecule has 9 nitrogen and oxygen atoms in total. The summed E-state index contributed by atoms with van der Waals surface area (Å²) in [5, 5.41) is 5.11. The van der Waals surface area contributed by atoms with Crippen molar-refractivity contribution in [2.75, 3.05) is 19.0 Å². The van der Waals surface area contributed by atoms with E-state index in [0.29, 0.717) is 23.0 Å². The van der Waals surface area contributed by atoms with Gasteiger partial charge in [0.2, 0.25) is 5.95 Å². The molecule has 27 heavy (non-hydrogen) atoms. The number of imidazole rings is 1. The smallest absolute Gasteiger partial charge is 0.413 e. The van der Waals surface area contributed by atoms with E-state index in [-0.39, 0.29) is 18.2 Å². The van der Waals surface area contributed by atoms with Crippen molar-refractivity contribution in [1.29, 1.82) is 0 Å². The van der Waals surface area contributed by atoms with E-state index in [4.69, 9.17) is 9.47 Å². The summed E-state index contributed by atoms with van der Waals surface area (Å²) in [5.41, 5.74) is 1.71. The summed E-state index contributed by atoms with van der Waals surface area (Å²) < 4.78 is 12.4. The van der Waals surface area contributed by atoms with Crippen LogP contribution in [0.2, 0.25) is 0 Å². The van der Waals surface area contributed by atoms with Gasteiger partial charge in [-0.05, 0) is 25.1 Å². The number of hydrogen-bond acceptors (Lipinski definition) is 6. The zero-order valence-corrected chi connectivity index (χ0v) is 15.1. The molecule has 0 bridgehead atoms. The number of benzene rings is 1. The van der Waals surface area contributed by atoms with Crippen molar-refractivity contribution in [3.8, 4) is 11.5 Å². The van der Waals surface area contributed by atoms with Gasteiger partial charge in [0.1, 0.15) is 17.2 Å². The Morgan fingerprint density at radius 2 is 1.96 bits per heavy atom. The van der Waals surface area contributed by atoms with Gasteiger partial charge in [-0.2, -0.15) is 0 Å². The molecule has 9 heteroatoms. The number of amides is 2. The summed E-state index contributed by atoms with van der Waals surface area (Å²) in [6.45, 7) is 2.00. The third kappa shape index (κ3) is 3.97. The zero-order valence-electron chi connectivity index (χ0n) is 15.1. The first-order valence-electron chi connectivity index (χ1n) is 8.28. The minimum Gasteiger partial charge on any atom is -0.457 e. The fourth-order valence-electron chi connectivity index (χ4n) is 2.48. The third-order valence-corrected chi connectivity index (χ3v) is 3.77. The van der Waals surface area contributed by atoms with Gasteiger partial charge < -0.3 is 19.4 Å². The van der Waals surface area contributed by atoms with Crippen LogP contribution in [0.4, 0.5) is 10.7 Å². The number of aryl methyl sites for hydroxylation is 1. The van der Waals surface area contributed by atoms with Crippen LogP contribution in [0.1, 0.15) is 17.4 Å². The normalized spacial score (nSPS) is 10.5. The molecule has 2 amide bonds. The quantitative estimate of drug-likeness (QED) is 0.716. The number of rotatable bonds is 5. The van der Waals surface area contributed by atoms with E-state index in [1.165, 1.54) is 13.2 Å². The number of anilines is 1. The second-order valence-corrected chi connectivity index (χ2v) is 5.55. The Morgan fingerprint density at radius 3 is 2.70 bits per heavy atom. The van der Waals surface area contributed by atoms with Gasteiger partial charge in [0.15, 0.2) is 0 Å². The van der Waals surface area contributed by atoms with Gasteiger partial charge in [-0.25, -0.2) is 9.78 Å². The van der Waals surface area contributed by atoms with Gasteiger partial charge >= 0.3 is 6.09 Å². The lowest BCUT2D eigenvalue weighted by atomic mass is 10.3. The highest BCUT2D eigenvalue weighted by Gasteiger charge is 2.13. The Balaban J connectivity index is 1.84. The SMILES string of the molecule is CCOC(=O)Nc1nc2cc(Oc3ccnc(C(=O)NC)c3)ccc2n1C. The standard InChI is InChI=1S/C18H19N5O4/c1-4-26-18(25)22-17-21-13-9-11(5-6-15(13)23(17)3)27-12-7-8-20-14(10-12)16(24)19-2/h5-10H,4H2,1-3H3,(H,19,24)(H,21,22,25). The van der Waals surface area contributed by atoms with Crippen LogP contribution in [0.3, 0.4) is 0 Å². The maximum absolute atomic E-state index is 11.7. The Kier molecular flexibility index (Phi) is 5.20. The van der Waals surface area contributed by atoms with Gasteiger partial charge in [-0.3, -0.25) is 15.1 Å².